The van der Waals surface area contributed by atoms with Crippen molar-refractivity contribution in [2.45, 2.75) is 6.04 Å². The van der Waals surface area contributed by atoms with Crippen LogP contribution in [0.3, 0.4) is 0 Å². The maximum atomic E-state index is 13.3. The Hall–Kier alpha value is -3.37. The molecule has 8 nitrogen and oxygen atoms in total. The first-order valence-electron chi connectivity index (χ1n) is 10.6. The van der Waals surface area contributed by atoms with E-state index < -0.39 is 0 Å². The Balaban J connectivity index is 1.49. The van der Waals surface area contributed by atoms with Gasteiger partial charge >= 0.3 is 0 Å². The highest BCUT2D eigenvalue weighted by Crippen LogP contribution is 2.42. The monoisotopic (exact) mass is 469 g/mol. The molecule has 1 aliphatic rings. The number of thiazole rings is 1. The fraction of sp³-hybridized carbons (Fsp3) is 0.304. The van der Waals surface area contributed by atoms with E-state index in [2.05, 4.69) is 19.9 Å². The first kappa shape index (κ1) is 21.5. The molecule has 1 aliphatic heterocycles. The average molecular weight is 470 g/mol. The van der Waals surface area contributed by atoms with Crippen LogP contribution < -0.4 is 14.4 Å². The number of halogens is 1. The fourth-order valence-corrected chi connectivity index (χ4v) is 5.40. The summed E-state index contributed by atoms with van der Waals surface area (Å²) in [6.07, 6.45) is 1.43. The van der Waals surface area contributed by atoms with Crippen LogP contribution >= 0.6 is 11.3 Å². The Morgan fingerprint density at radius 1 is 1.00 bits per heavy atom. The highest BCUT2D eigenvalue weighted by Gasteiger charge is 2.32. The highest BCUT2D eigenvalue weighted by atomic mass is 32.1. The summed E-state index contributed by atoms with van der Waals surface area (Å²) in [5, 5.41) is 15.1. The molecule has 1 unspecified atom stereocenters. The van der Waals surface area contributed by atoms with E-state index in [1.165, 1.54) is 34.3 Å². The third-order valence-electron chi connectivity index (χ3n) is 5.98. The maximum absolute atomic E-state index is 13.3. The van der Waals surface area contributed by atoms with E-state index in [-0.39, 0.29) is 17.7 Å². The molecule has 0 amide bonds. The zero-order valence-corrected chi connectivity index (χ0v) is 19.1. The van der Waals surface area contributed by atoms with Crippen molar-refractivity contribution in [2.75, 3.05) is 45.3 Å². The van der Waals surface area contributed by atoms with Crippen LogP contribution in [0.25, 0.3) is 4.96 Å². The zero-order chi connectivity index (χ0) is 22.9. The molecule has 2 aromatic heterocycles. The minimum atomic E-state index is -0.238. The number of anilines is 1. The van der Waals surface area contributed by atoms with Crippen LogP contribution in [0.1, 0.15) is 16.5 Å². The summed E-state index contributed by atoms with van der Waals surface area (Å²) in [7, 11) is 3.22. The molecule has 33 heavy (non-hydrogen) atoms. The number of hydrogen-bond acceptors (Lipinski definition) is 8. The van der Waals surface area contributed by atoms with Crippen molar-refractivity contribution in [1.82, 2.24) is 19.5 Å². The molecule has 10 heteroatoms. The lowest BCUT2D eigenvalue weighted by Gasteiger charge is -2.40. The van der Waals surface area contributed by atoms with E-state index in [9.17, 15) is 9.50 Å². The minimum absolute atomic E-state index is 0.0910. The summed E-state index contributed by atoms with van der Waals surface area (Å²) >= 11 is 1.42. The maximum Gasteiger partial charge on any atom is 0.230 e. The molecule has 1 N–H and O–H groups in total. The van der Waals surface area contributed by atoms with E-state index in [0.29, 0.717) is 16.5 Å². The Morgan fingerprint density at radius 3 is 2.39 bits per heavy atom. The number of aromatic hydroxyl groups is 1. The van der Waals surface area contributed by atoms with Gasteiger partial charge in [-0.15, -0.1) is 0 Å². The van der Waals surface area contributed by atoms with Crippen molar-refractivity contribution < 1.29 is 19.0 Å². The quantitative estimate of drug-likeness (QED) is 0.463. The van der Waals surface area contributed by atoms with Crippen molar-refractivity contribution in [3.05, 3.63) is 65.0 Å². The number of piperazine rings is 1. The van der Waals surface area contributed by atoms with Crippen LogP contribution in [-0.2, 0) is 0 Å². The van der Waals surface area contributed by atoms with Crippen LogP contribution in [0.15, 0.2) is 48.8 Å². The van der Waals surface area contributed by atoms with Crippen molar-refractivity contribution in [2.24, 2.45) is 0 Å². The first-order chi connectivity index (χ1) is 16.1. The molecule has 4 aromatic rings. The third-order valence-corrected chi connectivity index (χ3v) is 7.07. The standard InChI is InChI=1S/C23H24FN5O3S/c1-31-18-8-3-15(13-19(18)32-2)20(21-22(30)29-23(33-21)25-14-26-29)28-11-9-27(10-12-28)17-6-4-16(24)5-7-17/h3-8,13-14,20,30H,9-12H2,1-2H3. The number of hydrogen-bond donors (Lipinski definition) is 1. The number of fused-ring (bicyclic) bond motifs is 1. The SMILES string of the molecule is COc1ccc(C(c2sc3ncnn3c2O)N2CCN(c3ccc(F)cc3)CC2)cc1OC. The van der Waals surface area contributed by atoms with Crippen molar-refractivity contribution >= 4 is 22.0 Å². The van der Waals surface area contributed by atoms with E-state index >= 15 is 0 Å². The van der Waals surface area contributed by atoms with Gasteiger partial charge in [-0.05, 0) is 42.0 Å². The Morgan fingerprint density at radius 2 is 1.73 bits per heavy atom. The molecule has 0 saturated carbocycles. The number of rotatable bonds is 6. The summed E-state index contributed by atoms with van der Waals surface area (Å²) in [4.78, 5) is 10.2. The van der Waals surface area contributed by atoms with Crippen molar-refractivity contribution in [1.29, 1.82) is 0 Å². The number of benzene rings is 2. The van der Waals surface area contributed by atoms with Gasteiger partial charge in [0.25, 0.3) is 0 Å². The van der Waals surface area contributed by atoms with Gasteiger partial charge in [0, 0.05) is 31.9 Å². The number of nitrogens with zero attached hydrogens (tertiary/aromatic N) is 5. The molecule has 0 spiro atoms. The number of ether oxygens (including phenoxy) is 2. The van der Waals surface area contributed by atoms with E-state index in [1.54, 1.807) is 14.2 Å². The summed E-state index contributed by atoms with van der Waals surface area (Å²) in [6, 6.07) is 12.2. The molecule has 5 rings (SSSR count). The predicted octanol–water partition coefficient (Wildman–Crippen LogP) is 3.56. The van der Waals surface area contributed by atoms with Gasteiger partial charge in [0.1, 0.15) is 12.1 Å². The molecule has 3 heterocycles. The lowest BCUT2D eigenvalue weighted by Crippen LogP contribution is -2.47. The topological polar surface area (TPSA) is 75.4 Å². The second-order valence-corrected chi connectivity index (χ2v) is 8.77. The van der Waals surface area contributed by atoms with Crippen molar-refractivity contribution in [3.8, 4) is 17.4 Å². The molecular formula is C23H24FN5O3S. The normalized spacial score (nSPS) is 15.7. The van der Waals surface area contributed by atoms with Gasteiger partial charge in [-0.25, -0.2) is 9.37 Å². The third kappa shape index (κ3) is 3.96. The summed E-state index contributed by atoms with van der Waals surface area (Å²) < 4.78 is 25.7. The first-order valence-corrected chi connectivity index (χ1v) is 11.4. The molecule has 172 valence electrons. The van der Waals surface area contributed by atoms with Gasteiger partial charge in [0.15, 0.2) is 11.5 Å². The Kier molecular flexibility index (Phi) is 5.77. The average Bonchev–Trinajstić information content (AvgIpc) is 3.43. The largest absolute Gasteiger partial charge is 0.493 e. The lowest BCUT2D eigenvalue weighted by atomic mass is 10.0. The van der Waals surface area contributed by atoms with Gasteiger partial charge < -0.3 is 19.5 Å². The van der Waals surface area contributed by atoms with Crippen LogP contribution in [-0.4, -0.2) is 65.0 Å². The summed E-state index contributed by atoms with van der Waals surface area (Å²) in [5.74, 6) is 1.13. The molecule has 0 aliphatic carbocycles. The summed E-state index contributed by atoms with van der Waals surface area (Å²) in [5.41, 5.74) is 1.98. The van der Waals surface area contributed by atoms with E-state index in [4.69, 9.17) is 9.47 Å². The second kappa shape index (κ2) is 8.87. The molecule has 0 bridgehead atoms. The lowest BCUT2D eigenvalue weighted by molar-refractivity contribution is 0.210. The molecule has 1 atom stereocenters. The molecule has 1 fully saturated rings. The van der Waals surface area contributed by atoms with E-state index in [1.807, 2.05) is 30.3 Å². The number of methoxy groups -OCH3 is 2. The van der Waals surface area contributed by atoms with Crippen LogP contribution in [0, 0.1) is 5.82 Å². The van der Waals surface area contributed by atoms with Gasteiger partial charge in [0.2, 0.25) is 10.8 Å². The highest BCUT2D eigenvalue weighted by molar-refractivity contribution is 7.17. The number of aromatic nitrogens is 3. The second-order valence-electron chi connectivity index (χ2n) is 7.76. The van der Waals surface area contributed by atoms with Gasteiger partial charge in [-0.2, -0.15) is 9.61 Å². The fourth-order valence-electron chi connectivity index (χ4n) is 4.31. The van der Waals surface area contributed by atoms with Gasteiger partial charge in [-0.3, -0.25) is 4.90 Å². The Bertz CT molecular complexity index is 1250. The molecule has 0 radical (unpaired) electrons. The molecule has 1 saturated heterocycles. The smallest absolute Gasteiger partial charge is 0.230 e. The zero-order valence-electron chi connectivity index (χ0n) is 18.3. The van der Waals surface area contributed by atoms with Gasteiger partial charge in [0.05, 0.1) is 25.1 Å². The van der Waals surface area contributed by atoms with Crippen molar-refractivity contribution in [3.63, 3.8) is 0 Å². The minimum Gasteiger partial charge on any atom is -0.493 e. The van der Waals surface area contributed by atoms with Crippen LogP contribution in [0.2, 0.25) is 0 Å². The van der Waals surface area contributed by atoms with E-state index in [0.717, 1.165) is 42.3 Å². The predicted molar refractivity (Wildman–Crippen MR) is 124 cm³/mol. The Labute approximate surface area is 194 Å². The van der Waals surface area contributed by atoms with Crippen LogP contribution in [0.4, 0.5) is 10.1 Å². The summed E-state index contributed by atoms with van der Waals surface area (Å²) in [6.45, 7) is 3.06. The van der Waals surface area contributed by atoms with Crippen LogP contribution in [0.5, 0.6) is 17.4 Å². The van der Waals surface area contributed by atoms with Gasteiger partial charge in [-0.1, -0.05) is 17.4 Å². The molecular weight excluding hydrogens is 445 g/mol. The molecule has 2 aromatic carbocycles.